The summed E-state index contributed by atoms with van der Waals surface area (Å²) in [6, 6.07) is 5.59. The lowest BCUT2D eigenvalue weighted by atomic mass is 10.1. The van der Waals surface area contributed by atoms with E-state index >= 15 is 0 Å². The fraction of sp³-hybridized carbons (Fsp3) is 0.611. The Morgan fingerprint density at radius 1 is 1.32 bits per heavy atom. The maximum atomic E-state index is 12.7. The van der Waals surface area contributed by atoms with Crippen LogP contribution in [0.15, 0.2) is 18.2 Å². The average molecular weight is 350 g/mol. The van der Waals surface area contributed by atoms with Gasteiger partial charge in [0.25, 0.3) is 0 Å². The molecule has 0 spiro atoms. The molecular weight excluding hydrogens is 324 g/mol. The molecule has 0 saturated carbocycles. The number of fused-ring (bicyclic) bond motifs is 1. The highest BCUT2D eigenvalue weighted by atomic mass is 16.6. The highest BCUT2D eigenvalue weighted by molar-refractivity contribution is 5.78. The van der Waals surface area contributed by atoms with Crippen LogP contribution in [-0.4, -0.2) is 77.5 Å². The molecule has 2 aliphatic heterocycles. The quantitative estimate of drug-likeness (QED) is 0.765. The van der Waals surface area contributed by atoms with E-state index in [4.69, 9.17) is 9.47 Å². The second kappa shape index (κ2) is 8.03. The van der Waals surface area contributed by atoms with Crippen molar-refractivity contribution in [3.8, 4) is 11.5 Å². The van der Waals surface area contributed by atoms with Crippen molar-refractivity contribution in [3.05, 3.63) is 23.8 Å². The molecule has 1 fully saturated rings. The number of nitrogens with zero attached hydrogens (tertiary/aromatic N) is 2. The molecule has 138 valence electrons. The van der Waals surface area contributed by atoms with E-state index in [-0.39, 0.29) is 25.1 Å². The van der Waals surface area contributed by atoms with Gasteiger partial charge in [-0.25, -0.2) is 0 Å². The lowest BCUT2D eigenvalue weighted by Crippen LogP contribution is -2.43. The van der Waals surface area contributed by atoms with Crippen LogP contribution in [0.1, 0.15) is 18.9 Å². The van der Waals surface area contributed by atoms with Crippen LogP contribution in [0, 0.1) is 0 Å². The van der Waals surface area contributed by atoms with Gasteiger partial charge in [-0.05, 0) is 31.0 Å². The Kier molecular flexibility index (Phi) is 5.78. The van der Waals surface area contributed by atoms with E-state index in [1.54, 1.807) is 4.90 Å². The molecule has 7 nitrogen and oxygen atoms in total. The summed E-state index contributed by atoms with van der Waals surface area (Å²) in [5.41, 5.74) is 0.986. The van der Waals surface area contributed by atoms with Gasteiger partial charge in [-0.1, -0.05) is 6.07 Å². The minimum Gasteiger partial charge on any atom is -0.486 e. The molecule has 7 heteroatoms. The summed E-state index contributed by atoms with van der Waals surface area (Å²) in [7, 11) is 0. The van der Waals surface area contributed by atoms with Crippen molar-refractivity contribution >= 4 is 5.91 Å². The molecule has 25 heavy (non-hydrogen) atoms. The average Bonchev–Trinajstić information content (AvgIpc) is 2.98. The minimum atomic E-state index is -0.474. The third-order valence-corrected chi connectivity index (χ3v) is 4.77. The fourth-order valence-corrected chi connectivity index (χ4v) is 3.40. The van der Waals surface area contributed by atoms with Crippen LogP contribution in [0.2, 0.25) is 0 Å². The number of rotatable bonds is 6. The summed E-state index contributed by atoms with van der Waals surface area (Å²) in [5, 5.41) is 19.2. The van der Waals surface area contributed by atoms with Crippen molar-refractivity contribution in [2.24, 2.45) is 0 Å². The standard InChI is InChI=1S/C18H26N2O5/c1-2-19(18(23)11-20-10-15(22)8-14(20)12-21)9-13-3-4-16-17(7-13)25-6-5-24-16/h3-4,7,14-15,21-22H,2,5-6,8-12H2,1H3/t14-,15+/m0/s1. The van der Waals surface area contributed by atoms with E-state index < -0.39 is 6.10 Å². The smallest absolute Gasteiger partial charge is 0.237 e. The monoisotopic (exact) mass is 350 g/mol. The van der Waals surface area contributed by atoms with Crippen LogP contribution >= 0.6 is 0 Å². The number of carbonyl (C=O) groups is 1. The molecule has 0 unspecified atom stereocenters. The summed E-state index contributed by atoms with van der Waals surface area (Å²) in [5.74, 6) is 1.45. The molecule has 1 saturated heterocycles. The number of hydrogen-bond donors (Lipinski definition) is 2. The number of likely N-dealkylation sites (tertiary alicyclic amines) is 1. The molecule has 0 radical (unpaired) electrons. The fourth-order valence-electron chi connectivity index (χ4n) is 3.40. The van der Waals surface area contributed by atoms with Gasteiger partial charge in [0.2, 0.25) is 5.91 Å². The number of ether oxygens (including phenoxy) is 2. The Morgan fingerprint density at radius 2 is 2.08 bits per heavy atom. The van der Waals surface area contributed by atoms with Crippen LogP contribution < -0.4 is 9.47 Å². The second-order valence-corrected chi connectivity index (χ2v) is 6.54. The molecule has 2 heterocycles. The first-order valence-electron chi connectivity index (χ1n) is 8.80. The van der Waals surface area contributed by atoms with Gasteiger partial charge in [0, 0.05) is 25.7 Å². The maximum Gasteiger partial charge on any atom is 0.237 e. The Balaban J connectivity index is 1.63. The van der Waals surface area contributed by atoms with Gasteiger partial charge in [0.15, 0.2) is 11.5 Å². The molecular formula is C18H26N2O5. The van der Waals surface area contributed by atoms with Crippen molar-refractivity contribution in [1.29, 1.82) is 0 Å². The lowest BCUT2D eigenvalue weighted by molar-refractivity contribution is -0.133. The van der Waals surface area contributed by atoms with E-state index in [9.17, 15) is 15.0 Å². The van der Waals surface area contributed by atoms with Crippen molar-refractivity contribution in [3.63, 3.8) is 0 Å². The molecule has 1 aromatic rings. The van der Waals surface area contributed by atoms with Crippen LogP contribution in [0.5, 0.6) is 11.5 Å². The lowest BCUT2D eigenvalue weighted by Gasteiger charge is -2.27. The first kappa shape index (κ1) is 18.0. The minimum absolute atomic E-state index is 0.00932. The molecule has 0 aromatic heterocycles. The van der Waals surface area contributed by atoms with Gasteiger partial charge in [0.1, 0.15) is 13.2 Å². The molecule has 2 N–H and O–H groups in total. The Morgan fingerprint density at radius 3 is 2.80 bits per heavy atom. The third-order valence-electron chi connectivity index (χ3n) is 4.77. The van der Waals surface area contributed by atoms with E-state index in [1.165, 1.54) is 0 Å². The Bertz CT molecular complexity index is 609. The van der Waals surface area contributed by atoms with Gasteiger partial charge in [-0.15, -0.1) is 0 Å². The summed E-state index contributed by atoms with van der Waals surface area (Å²) in [6.07, 6.45) is 0.0377. The van der Waals surface area contributed by atoms with Crippen molar-refractivity contribution in [1.82, 2.24) is 9.80 Å². The molecule has 3 rings (SSSR count). The molecule has 2 aliphatic rings. The molecule has 1 aromatic carbocycles. The first-order valence-corrected chi connectivity index (χ1v) is 8.80. The van der Waals surface area contributed by atoms with Crippen molar-refractivity contribution in [2.75, 3.05) is 39.5 Å². The zero-order valence-corrected chi connectivity index (χ0v) is 14.6. The van der Waals surface area contributed by atoms with E-state index in [0.717, 1.165) is 17.1 Å². The number of carbonyl (C=O) groups excluding carboxylic acids is 1. The van der Waals surface area contributed by atoms with Crippen molar-refractivity contribution in [2.45, 2.75) is 32.0 Å². The van der Waals surface area contributed by atoms with E-state index in [0.29, 0.717) is 39.3 Å². The number of benzene rings is 1. The number of aliphatic hydroxyl groups is 2. The number of aliphatic hydroxyl groups excluding tert-OH is 2. The van der Waals surface area contributed by atoms with E-state index in [2.05, 4.69) is 0 Å². The molecule has 1 amide bonds. The van der Waals surface area contributed by atoms with Crippen LogP contribution in [-0.2, 0) is 11.3 Å². The zero-order valence-electron chi connectivity index (χ0n) is 14.6. The molecule has 2 atom stereocenters. The summed E-state index contributed by atoms with van der Waals surface area (Å²) >= 11 is 0. The predicted octanol–water partition coefficient (Wildman–Crippen LogP) is 0.234. The number of hydrogen-bond acceptors (Lipinski definition) is 6. The topological polar surface area (TPSA) is 82.5 Å². The SMILES string of the molecule is CCN(Cc1ccc2c(c1)OCCO2)C(=O)CN1C[C@H](O)C[C@H]1CO. The van der Waals surface area contributed by atoms with Gasteiger partial charge >= 0.3 is 0 Å². The maximum absolute atomic E-state index is 12.7. The number of likely N-dealkylation sites (N-methyl/N-ethyl adjacent to an activating group) is 1. The van der Waals surface area contributed by atoms with Gasteiger partial charge in [-0.3, -0.25) is 9.69 Å². The zero-order chi connectivity index (χ0) is 17.8. The summed E-state index contributed by atoms with van der Waals surface area (Å²) < 4.78 is 11.1. The van der Waals surface area contributed by atoms with Gasteiger partial charge < -0.3 is 24.6 Å². The largest absolute Gasteiger partial charge is 0.486 e. The summed E-state index contributed by atoms with van der Waals surface area (Å²) in [6.45, 7) is 4.71. The van der Waals surface area contributed by atoms with Gasteiger partial charge in [0.05, 0.1) is 19.3 Å². The van der Waals surface area contributed by atoms with Crippen molar-refractivity contribution < 1.29 is 24.5 Å². The van der Waals surface area contributed by atoms with Gasteiger partial charge in [-0.2, -0.15) is 0 Å². The molecule has 0 aliphatic carbocycles. The third kappa shape index (κ3) is 4.23. The Hall–Kier alpha value is -1.83. The highest BCUT2D eigenvalue weighted by Gasteiger charge is 2.32. The van der Waals surface area contributed by atoms with Crippen LogP contribution in [0.25, 0.3) is 0 Å². The number of β-amino-alcohol motifs (C(OH)–C–C–N with tert-alkyl or cyclic N) is 1. The Labute approximate surface area is 147 Å². The second-order valence-electron chi connectivity index (χ2n) is 6.54. The van der Waals surface area contributed by atoms with E-state index in [1.807, 2.05) is 30.0 Å². The summed E-state index contributed by atoms with van der Waals surface area (Å²) in [4.78, 5) is 16.3. The molecule has 0 bridgehead atoms. The first-order chi connectivity index (χ1) is 12.1. The predicted molar refractivity (Wildman–Crippen MR) is 91.6 cm³/mol. The van der Waals surface area contributed by atoms with Crippen LogP contribution in [0.3, 0.4) is 0 Å². The highest BCUT2D eigenvalue weighted by Crippen LogP contribution is 2.31. The normalized spacial score (nSPS) is 22.8. The number of amides is 1. The van der Waals surface area contributed by atoms with Crippen LogP contribution in [0.4, 0.5) is 0 Å².